The summed E-state index contributed by atoms with van der Waals surface area (Å²) in [7, 11) is 0. The third-order valence-electron chi connectivity index (χ3n) is 10.5. The van der Waals surface area contributed by atoms with Gasteiger partial charge in [0.05, 0.1) is 0 Å². The molecule has 0 aliphatic rings. The third kappa shape index (κ3) is 44.5. The number of hydrogen-bond donors (Lipinski definition) is 0. The predicted molar refractivity (Wildman–Crippen MR) is 247 cm³/mol. The van der Waals surface area contributed by atoms with Gasteiger partial charge in [-0.3, -0.25) is 14.4 Å². The van der Waals surface area contributed by atoms with Crippen LogP contribution in [0.3, 0.4) is 0 Å². The molecular formula is C52H92O6. The lowest BCUT2D eigenvalue weighted by Gasteiger charge is -2.18. The molecule has 6 nitrogen and oxygen atoms in total. The van der Waals surface area contributed by atoms with Crippen LogP contribution in [0.4, 0.5) is 0 Å². The van der Waals surface area contributed by atoms with Gasteiger partial charge in [-0.25, -0.2) is 0 Å². The first-order valence-corrected chi connectivity index (χ1v) is 24.6. The van der Waals surface area contributed by atoms with Gasteiger partial charge in [0, 0.05) is 19.3 Å². The molecule has 0 fully saturated rings. The molecule has 58 heavy (non-hydrogen) atoms. The minimum Gasteiger partial charge on any atom is -0.462 e. The Morgan fingerprint density at radius 3 is 1.05 bits per heavy atom. The van der Waals surface area contributed by atoms with Crippen LogP contribution in [0, 0.1) is 0 Å². The highest BCUT2D eigenvalue weighted by Crippen LogP contribution is 2.13. The lowest BCUT2D eigenvalue weighted by Crippen LogP contribution is -2.30. The topological polar surface area (TPSA) is 78.9 Å². The zero-order valence-electron chi connectivity index (χ0n) is 38.3. The number of allylic oxidation sites excluding steroid dienone is 8. The average molecular weight is 813 g/mol. The smallest absolute Gasteiger partial charge is 0.306 e. The van der Waals surface area contributed by atoms with Gasteiger partial charge in [0.15, 0.2) is 6.10 Å². The molecule has 0 radical (unpaired) electrons. The Balaban J connectivity index is 4.42. The third-order valence-corrected chi connectivity index (χ3v) is 10.5. The van der Waals surface area contributed by atoms with Gasteiger partial charge in [-0.1, -0.05) is 179 Å². The van der Waals surface area contributed by atoms with Crippen LogP contribution in [-0.2, 0) is 28.6 Å². The minimum atomic E-state index is -0.784. The summed E-state index contributed by atoms with van der Waals surface area (Å²) in [5.74, 6) is -0.914. The maximum absolute atomic E-state index is 12.8. The molecule has 6 heteroatoms. The van der Waals surface area contributed by atoms with Crippen LogP contribution in [0.5, 0.6) is 0 Å². The number of ether oxygens (including phenoxy) is 3. The van der Waals surface area contributed by atoms with Gasteiger partial charge in [0.25, 0.3) is 0 Å². The summed E-state index contributed by atoms with van der Waals surface area (Å²) < 4.78 is 16.7. The summed E-state index contributed by atoms with van der Waals surface area (Å²) in [5.41, 5.74) is 0. The normalized spacial score (nSPS) is 12.4. The van der Waals surface area contributed by atoms with Crippen molar-refractivity contribution >= 4 is 17.9 Å². The fraction of sp³-hybridized carbons (Fsp3) is 0.788. The van der Waals surface area contributed by atoms with E-state index in [0.717, 1.165) is 96.3 Å². The molecule has 0 aromatic heterocycles. The van der Waals surface area contributed by atoms with Crippen molar-refractivity contribution in [3.05, 3.63) is 48.6 Å². The number of carbonyl (C=O) groups excluding carboxylic acids is 3. The Bertz CT molecular complexity index is 1030. The van der Waals surface area contributed by atoms with Gasteiger partial charge in [0.1, 0.15) is 13.2 Å². The number of carbonyl (C=O) groups is 3. The number of esters is 3. The first-order chi connectivity index (χ1) is 28.5. The second-order valence-electron chi connectivity index (χ2n) is 16.4. The standard InChI is InChI=1S/C52H92O6/c1-4-7-10-13-16-19-22-25-27-30-33-36-39-42-45-51(54)57-48-49(47-56-50(53)44-41-38-35-32-29-24-21-18-15-12-9-6-3)58-52(55)46-43-40-37-34-31-28-26-23-20-17-14-11-8-5-2/h13,16,18,21-23,25-26,49H,4-12,14-15,17,19-20,24,27-48H2,1-3H3/b16-13-,21-18-,25-22-,26-23-/t49-/m1/s1. The van der Waals surface area contributed by atoms with Gasteiger partial charge >= 0.3 is 17.9 Å². The van der Waals surface area contributed by atoms with Crippen molar-refractivity contribution in [1.29, 1.82) is 0 Å². The van der Waals surface area contributed by atoms with Gasteiger partial charge in [-0.15, -0.1) is 0 Å². The van der Waals surface area contributed by atoms with Crippen molar-refractivity contribution in [2.45, 2.75) is 252 Å². The summed E-state index contributed by atoms with van der Waals surface area (Å²) in [6.45, 7) is 6.54. The highest BCUT2D eigenvalue weighted by Gasteiger charge is 2.19. The largest absolute Gasteiger partial charge is 0.462 e. The number of unbranched alkanes of at least 4 members (excludes halogenated alkanes) is 25. The maximum Gasteiger partial charge on any atom is 0.306 e. The van der Waals surface area contributed by atoms with Gasteiger partial charge in [0.2, 0.25) is 0 Å². The van der Waals surface area contributed by atoms with Crippen molar-refractivity contribution < 1.29 is 28.6 Å². The Labute approximate surface area is 358 Å². The van der Waals surface area contributed by atoms with Crippen molar-refractivity contribution in [1.82, 2.24) is 0 Å². The van der Waals surface area contributed by atoms with E-state index in [-0.39, 0.29) is 31.1 Å². The maximum atomic E-state index is 12.8. The molecule has 0 bridgehead atoms. The Kier molecular flexibility index (Phi) is 44.9. The van der Waals surface area contributed by atoms with E-state index in [1.807, 2.05) is 0 Å². The lowest BCUT2D eigenvalue weighted by atomic mass is 10.1. The molecule has 0 saturated carbocycles. The van der Waals surface area contributed by atoms with Gasteiger partial charge in [-0.2, -0.15) is 0 Å². The molecule has 0 aliphatic heterocycles. The van der Waals surface area contributed by atoms with Crippen LogP contribution in [0.1, 0.15) is 245 Å². The van der Waals surface area contributed by atoms with E-state index >= 15 is 0 Å². The summed E-state index contributed by atoms with van der Waals surface area (Å²) in [6.07, 6.45) is 55.1. The molecular weight excluding hydrogens is 721 g/mol. The molecule has 1 atom stereocenters. The Hall–Kier alpha value is -2.63. The molecule has 0 aliphatic carbocycles. The van der Waals surface area contributed by atoms with Crippen molar-refractivity contribution in [2.75, 3.05) is 13.2 Å². The zero-order valence-corrected chi connectivity index (χ0v) is 38.3. The van der Waals surface area contributed by atoms with E-state index in [1.165, 1.54) is 109 Å². The molecule has 0 spiro atoms. The number of hydrogen-bond acceptors (Lipinski definition) is 6. The quantitative estimate of drug-likeness (QED) is 0.0264. The van der Waals surface area contributed by atoms with Crippen LogP contribution in [0.25, 0.3) is 0 Å². The van der Waals surface area contributed by atoms with Gasteiger partial charge in [-0.05, 0) is 96.3 Å². The summed E-state index contributed by atoms with van der Waals surface area (Å²) in [5, 5.41) is 0. The van der Waals surface area contributed by atoms with Crippen LogP contribution in [0.2, 0.25) is 0 Å². The Morgan fingerprint density at radius 1 is 0.345 bits per heavy atom. The first kappa shape index (κ1) is 55.4. The highest BCUT2D eigenvalue weighted by atomic mass is 16.6. The molecule has 0 aromatic carbocycles. The molecule has 0 N–H and O–H groups in total. The highest BCUT2D eigenvalue weighted by molar-refractivity contribution is 5.71. The zero-order chi connectivity index (χ0) is 42.3. The molecule has 0 saturated heterocycles. The lowest BCUT2D eigenvalue weighted by molar-refractivity contribution is -0.167. The predicted octanol–water partition coefficient (Wildman–Crippen LogP) is 15.9. The van der Waals surface area contributed by atoms with Gasteiger partial charge < -0.3 is 14.2 Å². The molecule has 0 aromatic rings. The first-order valence-electron chi connectivity index (χ1n) is 24.6. The fourth-order valence-electron chi connectivity index (χ4n) is 6.74. The van der Waals surface area contributed by atoms with E-state index in [2.05, 4.69) is 69.4 Å². The van der Waals surface area contributed by atoms with Crippen molar-refractivity contribution in [3.63, 3.8) is 0 Å². The fourth-order valence-corrected chi connectivity index (χ4v) is 6.74. The molecule has 0 heterocycles. The van der Waals surface area contributed by atoms with Crippen molar-refractivity contribution in [3.8, 4) is 0 Å². The summed E-state index contributed by atoms with van der Waals surface area (Å²) in [6, 6.07) is 0. The van der Waals surface area contributed by atoms with Crippen molar-refractivity contribution in [2.24, 2.45) is 0 Å². The summed E-state index contributed by atoms with van der Waals surface area (Å²) >= 11 is 0. The van der Waals surface area contributed by atoms with E-state index in [4.69, 9.17) is 14.2 Å². The van der Waals surface area contributed by atoms with E-state index in [9.17, 15) is 14.4 Å². The molecule has 0 unspecified atom stereocenters. The van der Waals surface area contributed by atoms with Crippen LogP contribution in [0.15, 0.2) is 48.6 Å². The van der Waals surface area contributed by atoms with E-state index in [1.54, 1.807) is 0 Å². The molecule has 0 amide bonds. The molecule has 0 rings (SSSR count). The Morgan fingerprint density at radius 2 is 0.638 bits per heavy atom. The van der Waals surface area contributed by atoms with Crippen LogP contribution < -0.4 is 0 Å². The SMILES string of the molecule is CCCC/C=C\C/C=C\CCCCCCCC(=O)OC[C@@H](COC(=O)CCCCCCC/C=C\CCCCC)OC(=O)CCCCCCC/C=C\CCCCCCC. The van der Waals surface area contributed by atoms with Crippen LogP contribution >= 0.6 is 0 Å². The molecule has 336 valence electrons. The number of rotatable bonds is 44. The minimum absolute atomic E-state index is 0.0850. The average Bonchev–Trinajstić information content (AvgIpc) is 3.22. The van der Waals surface area contributed by atoms with E-state index in [0.29, 0.717) is 19.3 Å². The monoisotopic (exact) mass is 813 g/mol. The summed E-state index contributed by atoms with van der Waals surface area (Å²) in [4.78, 5) is 37.9. The van der Waals surface area contributed by atoms with Crippen LogP contribution in [-0.4, -0.2) is 37.2 Å². The van der Waals surface area contributed by atoms with E-state index < -0.39 is 6.10 Å². The second-order valence-corrected chi connectivity index (χ2v) is 16.4. The second kappa shape index (κ2) is 47.1.